The molecule has 4 aromatic rings. The number of aryl methyl sites for hydroxylation is 4. The predicted molar refractivity (Wildman–Crippen MR) is 231 cm³/mol. The van der Waals surface area contributed by atoms with Crippen molar-refractivity contribution >= 4 is 76.9 Å². The first-order valence-corrected chi connectivity index (χ1v) is 23.3. The van der Waals surface area contributed by atoms with E-state index in [-0.39, 0.29) is 59.4 Å². The largest absolute Gasteiger partial charge is 2.00 e. The molecule has 0 radical (unpaired) electrons. The summed E-state index contributed by atoms with van der Waals surface area (Å²) in [5, 5.41) is 0. The number of rotatable bonds is 0. The fraction of sp³-hybridized carbons (Fsp3) is 0.455. The third-order valence-electron chi connectivity index (χ3n) is 9.28. The zero-order chi connectivity index (χ0) is 42.1. The van der Waals surface area contributed by atoms with Gasteiger partial charge in [0.25, 0.3) is 0 Å². The van der Waals surface area contributed by atoms with Crippen LogP contribution in [0.4, 0.5) is 0 Å². The van der Waals surface area contributed by atoms with Gasteiger partial charge in [-0.05, 0) is 95.9 Å². The number of phosphoric acid groups is 2. The Hall–Kier alpha value is -1.58. The van der Waals surface area contributed by atoms with Crippen LogP contribution in [0.15, 0.2) is 68.1 Å². The third kappa shape index (κ3) is 11.4. The number of hydrogen-bond donors (Lipinski definition) is 0. The SMILES string of the molecule is Cc1cc2c(c(C(C)(C)C)c1)OP(=O)([O-])Oc1c(cc(C)cc1C(C)(C)C)S2.Cc1cc2c(c(C(C)(C)C)c1)OP(=O)([O-])Oc1c(cc(C)cc1C(C)(C)C)S2.[Ca+2]. The van der Waals surface area contributed by atoms with E-state index < -0.39 is 15.6 Å². The minimum atomic E-state index is -4.61. The minimum Gasteiger partial charge on any atom is -0.736 e. The Kier molecular flexibility index (Phi) is 14.1. The molecule has 6 rings (SSSR count). The molecule has 0 saturated heterocycles. The summed E-state index contributed by atoms with van der Waals surface area (Å²) >= 11 is 2.99. The van der Waals surface area contributed by atoms with Crippen molar-refractivity contribution in [3.63, 3.8) is 0 Å². The van der Waals surface area contributed by atoms with Crippen LogP contribution in [0.5, 0.6) is 23.0 Å². The Bertz CT molecular complexity index is 1980. The first-order valence-electron chi connectivity index (χ1n) is 18.7. The Labute approximate surface area is 378 Å². The Balaban J connectivity index is 0.000000248. The van der Waals surface area contributed by atoms with Crippen LogP contribution in [0.25, 0.3) is 0 Å². The first-order chi connectivity index (χ1) is 25.3. The molecule has 57 heavy (non-hydrogen) atoms. The molecule has 0 amide bonds. The molecule has 13 heteroatoms. The van der Waals surface area contributed by atoms with Crippen LogP contribution < -0.4 is 27.9 Å². The van der Waals surface area contributed by atoms with Crippen molar-refractivity contribution in [2.24, 2.45) is 0 Å². The van der Waals surface area contributed by atoms with Crippen LogP contribution in [0.3, 0.4) is 0 Å². The van der Waals surface area contributed by atoms with Gasteiger partial charge in [0.1, 0.15) is 23.0 Å². The topological polar surface area (TPSA) is 117 Å². The molecule has 0 unspecified atom stereocenters. The smallest absolute Gasteiger partial charge is 0.736 e. The van der Waals surface area contributed by atoms with Crippen LogP contribution in [0, 0.1) is 27.7 Å². The Morgan fingerprint density at radius 1 is 0.404 bits per heavy atom. The van der Waals surface area contributed by atoms with E-state index in [1.165, 1.54) is 23.5 Å². The van der Waals surface area contributed by atoms with Gasteiger partial charge in [0.05, 0.1) is 19.6 Å². The molecule has 0 aromatic heterocycles. The fourth-order valence-corrected chi connectivity index (χ4v) is 11.0. The second-order valence-electron chi connectivity index (χ2n) is 19.0. The van der Waals surface area contributed by atoms with Gasteiger partial charge in [-0.25, -0.2) is 9.13 Å². The van der Waals surface area contributed by atoms with Crippen molar-refractivity contribution in [3.05, 3.63) is 93.0 Å². The number of hydrogen-bond acceptors (Lipinski definition) is 10. The van der Waals surface area contributed by atoms with Crippen LogP contribution in [-0.2, 0) is 30.8 Å². The maximum absolute atomic E-state index is 12.9. The summed E-state index contributed by atoms with van der Waals surface area (Å²) in [6, 6.07) is 15.8. The van der Waals surface area contributed by atoms with E-state index in [1.807, 2.05) is 159 Å². The van der Waals surface area contributed by atoms with E-state index >= 15 is 0 Å². The Morgan fingerprint density at radius 2 is 0.579 bits per heavy atom. The molecule has 2 aliphatic rings. The molecule has 0 spiro atoms. The molecule has 0 atom stereocenters. The number of fused-ring (bicyclic) bond motifs is 4. The van der Waals surface area contributed by atoms with E-state index in [2.05, 4.69) is 0 Å². The summed E-state index contributed by atoms with van der Waals surface area (Å²) in [6.45, 7) is 32.6. The molecule has 0 saturated carbocycles. The molecule has 2 aliphatic heterocycles. The van der Waals surface area contributed by atoms with Gasteiger partial charge in [-0.2, -0.15) is 0 Å². The molecule has 0 bridgehead atoms. The molecule has 2 heterocycles. The van der Waals surface area contributed by atoms with Crippen molar-refractivity contribution in [3.8, 4) is 23.0 Å². The molecule has 8 nitrogen and oxygen atoms in total. The average molecular weight is 879 g/mol. The zero-order valence-electron chi connectivity index (χ0n) is 36.3. The van der Waals surface area contributed by atoms with E-state index in [1.54, 1.807) is 0 Å². The first kappa shape index (κ1) is 48.1. The van der Waals surface area contributed by atoms with Crippen molar-refractivity contribution in [2.75, 3.05) is 0 Å². The van der Waals surface area contributed by atoms with Crippen LogP contribution >= 0.6 is 39.2 Å². The second-order valence-corrected chi connectivity index (χ2v) is 23.7. The van der Waals surface area contributed by atoms with Crippen molar-refractivity contribution in [1.82, 2.24) is 0 Å². The van der Waals surface area contributed by atoms with Gasteiger partial charge in [-0.15, -0.1) is 0 Å². The van der Waals surface area contributed by atoms with Gasteiger partial charge in [0.15, 0.2) is 0 Å². The molecule has 4 aromatic carbocycles. The van der Waals surface area contributed by atoms with Gasteiger partial charge in [0, 0.05) is 22.3 Å². The average Bonchev–Trinajstić information content (AvgIpc) is 2.98. The fourth-order valence-electron chi connectivity index (χ4n) is 6.59. The van der Waals surface area contributed by atoms with Crippen molar-refractivity contribution in [1.29, 1.82) is 0 Å². The van der Waals surface area contributed by atoms with Gasteiger partial charge in [-0.3, -0.25) is 0 Å². The maximum Gasteiger partial charge on any atom is 2.00 e. The third-order valence-corrected chi connectivity index (χ3v) is 13.0. The maximum atomic E-state index is 12.9. The zero-order valence-corrected chi connectivity index (χ0v) is 41.9. The summed E-state index contributed by atoms with van der Waals surface area (Å²) in [4.78, 5) is 28.9. The standard InChI is InChI=1S/2C22H29O4PS.Ca/c2*1-13-9-15(21(3,4)5)19-17(11-13)28-18-12-14(2)10-16(22(6,7)8)20(18)26-27(23,24)25-19;/h2*9-12H,1-8H3,(H,23,24);/q;;+2/p-2. The minimum absolute atomic E-state index is 0. The van der Waals surface area contributed by atoms with Crippen LogP contribution in [0.2, 0.25) is 0 Å². The number of phosphoric ester groups is 2. The van der Waals surface area contributed by atoms with Crippen molar-refractivity contribution < 1.29 is 37.0 Å². The molecule has 0 N–H and O–H groups in total. The summed E-state index contributed by atoms with van der Waals surface area (Å²) in [5.74, 6) is 1.47. The molecular formula is C44H56CaO8P2S2. The number of benzene rings is 4. The van der Waals surface area contributed by atoms with Crippen molar-refractivity contribution in [2.45, 2.75) is 152 Å². The molecule has 0 fully saturated rings. The molecule has 0 aliphatic carbocycles. The normalized spacial score (nSPS) is 15.9. The quantitative estimate of drug-likeness (QED) is 0.125. The van der Waals surface area contributed by atoms with Gasteiger partial charge >= 0.3 is 53.4 Å². The second kappa shape index (κ2) is 16.7. The summed E-state index contributed by atoms with van der Waals surface area (Å²) < 4.78 is 47.9. The monoisotopic (exact) mass is 878 g/mol. The van der Waals surface area contributed by atoms with Gasteiger partial charge in [0.2, 0.25) is 0 Å². The molecular weight excluding hydrogens is 823 g/mol. The van der Waals surface area contributed by atoms with Gasteiger partial charge in [-0.1, -0.05) is 131 Å². The summed E-state index contributed by atoms with van der Waals surface area (Å²) in [7, 11) is -9.22. The van der Waals surface area contributed by atoms with E-state index in [4.69, 9.17) is 18.1 Å². The van der Waals surface area contributed by atoms with Gasteiger partial charge < -0.3 is 27.9 Å². The Morgan fingerprint density at radius 3 is 0.737 bits per heavy atom. The van der Waals surface area contributed by atoms with Crippen LogP contribution in [0.1, 0.15) is 128 Å². The summed E-state index contributed by atoms with van der Waals surface area (Å²) in [6.07, 6.45) is 0. The van der Waals surface area contributed by atoms with E-state index in [0.29, 0.717) is 23.0 Å². The molecule has 304 valence electrons. The predicted octanol–water partition coefficient (Wildman–Crippen LogP) is 12.2. The van der Waals surface area contributed by atoms with E-state index in [9.17, 15) is 18.9 Å². The summed E-state index contributed by atoms with van der Waals surface area (Å²) in [5.41, 5.74) is 6.54. The van der Waals surface area contributed by atoms with E-state index in [0.717, 1.165) is 64.1 Å². The van der Waals surface area contributed by atoms with Crippen LogP contribution in [-0.4, -0.2) is 37.7 Å².